The molecule has 1 rings (SSSR count). The molecule has 0 saturated carbocycles. The van der Waals surface area contributed by atoms with E-state index in [2.05, 4.69) is 78.0 Å². The van der Waals surface area contributed by atoms with Gasteiger partial charge < -0.3 is 4.79 Å². The SMILES string of the molecule is CC/C=C/C(C)C(C)(C)c1ccccc1C.CCCCCCCC(C)=O. The first-order valence-electron chi connectivity index (χ1n) is 10.5. The Bertz CT molecular complexity index is 525. The minimum absolute atomic E-state index is 0.205. The van der Waals surface area contributed by atoms with E-state index in [1.807, 2.05) is 0 Å². The predicted molar refractivity (Wildman–Crippen MR) is 117 cm³/mol. The molecule has 1 aromatic rings. The first kappa shape index (κ1) is 24.6. The summed E-state index contributed by atoms with van der Waals surface area (Å²) in [4.78, 5) is 10.5. The number of rotatable bonds is 10. The van der Waals surface area contributed by atoms with E-state index in [4.69, 9.17) is 0 Å². The third-order valence-electron chi connectivity index (χ3n) is 5.27. The zero-order chi connectivity index (χ0) is 20.0. The number of carbonyl (C=O) groups is 1. The third-order valence-corrected chi connectivity index (χ3v) is 5.27. The highest BCUT2D eigenvalue weighted by Gasteiger charge is 2.27. The van der Waals surface area contributed by atoms with Gasteiger partial charge in [-0.2, -0.15) is 0 Å². The lowest BCUT2D eigenvalue weighted by atomic mass is 9.72. The van der Waals surface area contributed by atoms with Crippen LogP contribution >= 0.6 is 0 Å². The lowest BCUT2D eigenvalue weighted by Gasteiger charge is -2.32. The van der Waals surface area contributed by atoms with Gasteiger partial charge in [0.25, 0.3) is 0 Å². The van der Waals surface area contributed by atoms with Gasteiger partial charge in [0.2, 0.25) is 0 Å². The first-order valence-corrected chi connectivity index (χ1v) is 10.5. The summed E-state index contributed by atoms with van der Waals surface area (Å²) in [5.74, 6) is 0.894. The van der Waals surface area contributed by atoms with Crippen molar-refractivity contribution in [2.75, 3.05) is 0 Å². The Morgan fingerprint density at radius 1 is 1.08 bits per heavy atom. The van der Waals surface area contributed by atoms with E-state index in [1.54, 1.807) is 6.92 Å². The van der Waals surface area contributed by atoms with Crippen molar-refractivity contribution in [2.45, 2.75) is 98.8 Å². The molecule has 0 radical (unpaired) electrons. The van der Waals surface area contributed by atoms with Gasteiger partial charge >= 0.3 is 0 Å². The molecule has 0 fully saturated rings. The summed E-state index contributed by atoms with van der Waals surface area (Å²) < 4.78 is 0. The maximum absolute atomic E-state index is 10.5. The molecular weight excluding hydrogens is 316 g/mol. The second-order valence-electron chi connectivity index (χ2n) is 8.03. The van der Waals surface area contributed by atoms with E-state index >= 15 is 0 Å². The van der Waals surface area contributed by atoms with Crippen molar-refractivity contribution in [3.05, 3.63) is 47.5 Å². The van der Waals surface area contributed by atoms with Gasteiger partial charge in [0.15, 0.2) is 0 Å². The van der Waals surface area contributed by atoms with Gasteiger partial charge in [-0.25, -0.2) is 0 Å². The second kappa shape index (κ2) is 13.8. The number of hydrogen-bond acceptors (Lipinski definition) is 1. The number of benzene rings is 1. The minimum atomic E-state index is 0.205. The van der Waals surface area contributed by atoms with Crippen LogP contribution in [0.1, 0.15) is 97.6 Å². The molecule has 0 spiro atoms. The summed E-state index contributed by atoms with van der Waals surface area (Å²) in [6, 6.07) is 8.71. The van der Waals surface area contributed by atoms with Crippen LogP contribution in [-0.4, -0.2) is 5.78 Å². The first-order chi connectivity index (χ1) is 12.3. The van der Waals surface area contributed by atoms with Crippen LogP contribution in [0, 0.1) is 12.8 Å². The average molecular weight is 359 g/mol. The normalized spacial score (nSPS) is 12.6. The van der Waals surface area contributed by atoms with Crippen LogP contribution in [0.4, 0.5) is 0 Å². The molecule has 1 heteroatoms. The van der Waals surface area contributed by atoms with Crippen molar-refractivity contribution >= 4 is 5.78 Å². The summed E-state index contributed by atoms with van der Waals surface area (Å²) in [7, 11) is 0. The van der Waals surface area contributed by atoms with Crippen LogP contribution in [0.2, 0.25) is 0 Å². The number of aryl methyl sites for hydroxylation is 1. The predicted octanol–water partition coefficient (Wildman–Crippen LogP) is 7.81. The molecule has 0 N–H and O–H groups in total. The highest BCUT2D eigenvalue weighted by molar-refractivity contribution is 5.75. The molecule has 0 bridgehead atoms. The maximum atomic E-state index is 10.5. The standard InChI is InChI=1S/C16H24.C9H18O/c1-6-7-11-14(3)16(4,5)15-12-9-8-10-13(15)2;1-3-4-5-6-7-8-9(2)10/h7-12,14H,6H2,1-5H3;3-8H2,1-2H3/b11-7+;. The summed E-state index contributed by atoms with van der Waals surface area (Å²) in [6.45, 7) is 15.2. The summed E-state index contributed by atoms with van der Waals surface area (Å²) in [5, 5.41) is 0. The van der Waals surface area contributed by atoms with E-state index < -0.39 is 0 Å². The number of unbranched alkanes of at least 4 members (excludes halogenated alkanes) is 4. The molecule has 1 aromatic carbocycles. The Morgan fingerprint density at radius 3 is 2.23 bits per heavy atom. The van der Waals surface area contributed by atoms with Crippen LogP contribution in [0.3, 0.4) is 0 Å². The Labute approximate surface area is 163 Å². The number of Topliss-reactive ketones (excluding diaryl/α,β-unsaturated/α-hetero) is 1. The third kappa shape index (κ3) is 9.94. The Kier molecular flexibility index (Phi) is 13.1. The summed E-state index contributed by atoms with van der Waals surface area (Å²) >= 11 is 0. The molecule has 0 aliphatic rings. The largest absolute Gasteiger partial charge is 0.300 e. The zero-order valence-corrected chi connectivity index (χ0v) is 18.4. The number of hydrogen-bond donors (Lipinski definition) is 0. The molecule has 0 saturated heterocycles. The smallest absolute Gasteiger partial charge is 0.129 e. The highest BCUT2D eigenvalue weighted by Crippen LogP contribution is 2.34. The number of allylic oxidation sites excluding steroid dienone is 2. The second-order valence-corrected chi connectivity index (χ2v) is 8.03. The van der Waals surface area contributed by atoms with Crippen molar-refractivity contribution in [3.8, 4) is 0 Å². The monoisotopic (exact) mass is 358 g/mol. The molecule has 1 unspecified atom stereocenters. The Balaban J connectivity index is 0.000000541. The molecule has 148 valence electrons. The van der Waals surface area contributed by atoms with Crippen molar-refractivity contribution in [1.29, 1.82) is 0 Å². The topological polar surface area (TPSA) is 17.1 Å². The molecule has 1 atom stereocenters. The quantitative estimate of drug-likeness (QED) is 0.308. The van der Waals surface area contributed by atoms with Gasteiger partial charge in [0.1, 0.15) is 5.78 Å². The lowest BCUT2D eigenvalue weighted by Crippen LogP contribution is -2.26. The zero-order valence-electron chi connectivity index (χ0n) is 18.4. The molecular formula is C25H42O. The average Bonchev–Trinajstić information content (AvgIpc) is 2.60. The molecule has 0 amide bonds. The van der Waals surface area contributed by atoms with Crippen molar-refractivity contribution in [2.24, 2.45) is 5.92 Å². The molecule has 26 heavy (non-hydrogen) atoms. The fourth-order valence-corrected chi connectivity index (χ4v) is 3.10. The van der Waals surface area contributed by atoms with E-state index in [1.165, 1.54) is 36.8 Å². The fourth-order valence-electron chi connectivity index (χ4n) is 3.10. The van der Waals surface area contributed by atoms with Gasteiger partial charge in [-0.05, 0) is 49.1 Å². The van der Waals surface area contributed by atoms with Crippen LogP contribution in [-0.2, 0) is 10.2 Å². The number of carbonyl (C=O) groups excluding carboxylic acids is 1. The van der Waals surface area contributed by atoms with Crippen LogP contribution in [0.5, 0.6) is 0 Å². The van der Waals surface area contributed by atoms with Gasteiger partial charge in [-0.3, -0.25) is 0 Å². The van der Waals surface area contributed by atoms with Crippen LogP contribution in [0.25, 0.3) is 0 Å². The molecule has 0 aliphatic heterocycles. The van der Waals surface area contributed by atoms with Crippen LogP contribution in [0.15, 0.2) is 36.4 Å². The van der Waals surface area contributed by atoms with Gasteiger partial charge in [-0.15, -0.1) is 0 Å². The lowest BCUT2D eigenvalue weighted by molar-refractivity contribution is -0.117. The Morgan fingerprint density at radius 2 is 1.69 bits per heavy atom. The minimum Gasteiger partial charge on any atom is -0.300 e. The summed E-state index contributed by atoms with van der Waals surface area (Å²) in [6.07, 6.45) is 12.7. The van der Waals surface area contributed by atoms with Crippen molar-refractivity contribution in [3.63, 3.8) is 0 Å². The Hall–Kier alpha value is -1.37. The van der Waals surface area contributed by atoms with E-state index in [9.17, 15) is 4.79 Å². The molecule has 1 nitrogen and oxygen atoms in total. The van der Waals surface area contributed by atoms with E-state index in [0.717, 1.165) is 19.3 Å². The molecule has 0 aliphatic carbocycles. The van der Waals surface area contributed by atoms with Crippen LogP contribution < -0.4 is 0 Å². The van der Waals surface area contributed by atoms with E-state index in [0.29, 0.717) is 11.7 Å². The number of ketones is 1. The van der Waals surface area contributed by atoms with Gasteiger partial charge in [-0.1, -0.05) is 96.7 Å². The maximum Gasteiger partial charge on any atom is 0.129 e. The fraction of sp³-hybridized carbons (Fsp3) is 0.640. The molecule has 0 aromatic heterocycles. The van der Waals surface area contributed by atoms with E-state index in [-0.39, 0.29) is 5.41 Å². The van der Waals surface area contributed by atoms with Gasteiger partial charge in [0.05, 0.1) is 0 Å². The van der Waals surface area contributed by atoms with Crippen molar-refractivity contribution in [1.82, 2.24) is 0 Å². The highest BCUT2D eigenvalue weighted by atomic mass is 16.1. The molecule has 0 heterocycles. The summed E-state index contributed by atoms with van der Waals surface area (Å²) in [5.41, 5.74) is 3.06. The van der Waals surface area contributed by atoms with Gasteiger partial charge in [0, 0.05) is 6.42 Å². The van der Waals surface area contributed by atoms with Crippen molar-refractivity contribution < 1.29 is 4.79 Å².